The van der Waals surface area contributed by atoms with E-state index >= 15 is 0 Å². The maximum absolute atomic E-state index is 11.9. The zero-order valence-corrected chi connectivity index (χ0v) is 20.2. The first-order chi connectivity index (χ1) is 14.0. The van der Waals surface area contributed by atoms with E-state index in [-0.39, 0.29) is 41.8 Å². The van der Waals surface area contributed by atoms with Crippen LogP contribution in [0.25, 0.3) is 0 Å². The lowest BCUT2D eigenvalue weighted by Crippen LogP contribution is -2.43. The molecule has 0 aromatic heterocycles. The number of nitrogens with one attached hydrogen (secondary N) is 3. The van der Waals surface area contributed by atoms with Crippen LogP contribution in [0.3, 0.4) is 0 Å². The summed E-state index contributed by atoms with van der Waals surface area (Å²) in [6.45, 7) is 2.09. The molecule has 1 aliphatic carbocycles. The molecule has 0 atom stereocenters. The predicted octanol–water partition coefficient (Wildman–Crippen LogP) is 1.78. The molecule has 1 aliphatic rings. The topological polar surface area (TPSA) is 118 Å². The number of primary amides is 1. The molecule has 0 heterocycles. The van der Waals surface area contributed by atoms with Gasteiger partial charge in [-0.15, -0.1) is 24.0 Å². The number of guanidine groups is 1. The zero-order chi connectivity index (χ0) is 21.1. The van der Waals surface area contributed by atoms with Crippen LogP contribution in [0.4, 0.5) is 0 Å². The summed E-state index contributed by atoms with van der Waals surface area (Å²) in [6, 6.07) is 7.19. The van der Waals surface area contributed by atoms with Crippen molar-refractivity contribution in [2.45, 2.75) is 38.6 Å². The average Bonchev–Trinajstić information content (AvgIpc) is 3.20. The minimum atomic E-state index is -0.570. The number of nitrogens with two attached hydrogens (primary N) is 1. The van der Waals surface area contributed by atoms with Crippen LogP contribution >= 0.6 is 24.0 Å². The fourth-order valence-electron chi connectivity index (χ4n) is 3.68. The highest BCUT2D eigenvalue weighted by atomic mass is 127. The third-order valence-electron chi connectivity index (χ3n) is 5.45. The Morgan fingerprint density at radius 1 is 1.13 bits per heavy atom. The van der Waals surface area contributed by atoms with Crippen molar-refractivity contribution in [2.75, 3.05) is 33.9 Å². The maximum atomic E-state index is 11.9. The van der Waals surface area contributed by atoms with Gasteiger partial charge in [0.2, 0.25) is 5.91 Å². The third kappa shape index (κ3) is 8.47. The molecule has 168 valence electrons. The molecule has 30 heavy (non-hydrogen) atoms. The molecule has 1 saturated carbocycles. The number of carbonyl (C=O) groups is 2. The van der Waals surface area contributed by atoms with Crippen molar-refractivity contribution < 1.29 is 14.3 Å². The van der Waals surface area contributed by atoms with Crippen LogP contribution in [-0.4, -0.2) is 51.6 Å². The summed E-state index contributed by atoms with van der Waals surface area (Å²) >= 11 is 0. The van der Waals surface area contributed by atoms with E-state index in [1.807, 2.05) is 12.1 Å². The summed E-state index contributed by atoms with van der Waals surface area (Å²) in [4.78, 5) is 27.0. The van der Waals surface area contributed by atoms with E-state index in [1.54, 1.807) is 26.3 Å². The van der Waals surface area contributed by atoms with Crippen LogP contribution in [-0.2, 0) is 16.1 Å². The largest absolute Gasteiger partial charge is 0.385 e. The van der Waals surface area contributed by atoms with Gasteiger partial charge in [0.1, 0.15) is 0 Å². The molecular weight excluding hydrogens is 497 g/mol. The highest BCUT2D eigenvalue weighted by molar-refractivity contribution is 14.0. The Labute approximate surface area is 195 Å². The van der Waals surface area contributed by atoms with Crippen molar-refractivity contribution in [1.29, 1.82) is 0 Å². The smallest absolute Gasteiger partial charge is 0.251 e. The Kier molecular flexibility index (Phi) is 11.7. The van der Waals surface area contributed by atoms with Crippen molar-refractivity contribution in [1.82, 2.24) is 16.0 Å². The van der Waals surface area contributed by atoms with E-state index in [4.69, 9.17) is 10.5 Å². The summed E-state index contributed by atoms with van der Waals surface area (Å²) in [5.74, 6) is -0.129. The number of hydrogen-bond acceptors (Lipinski definition) is 4. The summed E-state index contributed by atoms with van der Waals surface area (Å²) in [6.07, 6.45) is 6.06. The first-order valence-corrected chi connectivity index (χ1v) is 10.1. The molecule has 0 radical (unpaired) electrons. The quantitative estimate of drug-likeness (QED) is 0.209. The molecule has 1 aromatic carbocycles. The van der Waals surface area contributed by atoms with Crippen molar-refractivity contribution in [3.8, 4) is 0 Å². The van der Waals surface area contributed by atoms with E-state index in [9.17, 15) is 9.59 Å². The van der Waals surface area contributed by atoms with Gasteiger partial charge in [0.25, 0.3) is 5.91 Å². The summed E-state index contributed by atoms with van der Waals surface area (Å²) in [5, 5.41) is 9.25. The fourth-order valence-corrected chi connectivity index (χ4v) is 3.68. The Balaban J connectivity index is 0.00000450. The summed E-state index contributed by atoms with van der Waals surface area (Å²) < 4.78 is 5.30. The first kappa shape index (κ1) is 26.2. The molecule has 0 unspecified atom stereocenters. The molecule has 0 bridgehead atoms. The van der Waals surface area contributed by atoms with Crippen molar-refractivity contribution >= 4 is 41.8 Å². The minimum absolute atomic E-state index is 0. The number of amides is 2. The summed E-state index contributed by atoms with van der Waals surface area (Å²) in [5.41, 5.74) is 6.83. The number of methoxy groups -OCH3 is 1. The molecule has 1 aromatic rings. The molecule has 0 saturated heterocycles. The number of hydrogen-bond donors (Lipinski definition) is 4. The van der Waals surface area contributed by atoms with E-state index in [1.165, 1.54) is 25.7 Å². The lowest BCUT2D eigenvalue weighted by atomic mass is 9.83. The number of halogens is 1. The Hall–Kier alpha value is -1.88. The van der Waals surface area contributed by atoms with Gasteiger partial charge in [-0.25, -0.2) is 0 Å². The number of ether oxygens (including phenoxy) is 1. The molecule has 0 aliphatic heterocycles. The lowest BCUT2D eigenvalue weighted by Gasteiger charge is -2.30. The van der Waals surface area contributed by atoms with Crippen LogP contribution in [0.15, 0.2) is 29.3 Å². The monoisotopic (exact) mass is 531 g/mol. The Bertz CT molecular complexity index is 703. The first-order valence-electron chi connectivity index (χ1n) is 10.1. The Morgan fingerprint density at radius 3 is 2.37 bits per heavy atom. The van der Waals surface area contributed by atoms with Gasteiger partial charge < -0.3 is 26.4 Å². The molecule has 2 rings (SSSR count). The van der Waals surface area contributed by atoms with Crippen LogP contribution in [0, 0.1) is 5.41 Å². The third-order valence-corrected chi connectivity index (χ3v) is 5.45. The van der Waals surface area contributed by atoms with Gasteiger partial charge in [-0.1, -0.05) is 25.0 Å². The van der Waals surface area contributed by atoms with Crippen LogP contribution in [0.5, 0.6) is 0 Å². The number of rotatable bonds is 10. The van der Waals surface area contributed by atoms with Crippen LogP contribution in [0.2, 0.25) is 0 Å². The highest BCUT2D eigenvalue weighted by Gasteiger charge is 2.33. The molecule has 0 spiro atoms. The van der Waals surface area contributed by atoms with Gasteiger partial charge in [-0.05, 0) is 42.4 Å². The van der Waals surface area contributed by atoms with Gasteiger partial charge in [0, 0.05) is 39.4 Å². The second kappa shape index (κ2) is 13.4. The van der Waals surface area contributed by atoms with E-state index < -0.39 is 5.91 Å². The minimum Gasteiger partial charge on any atom is -0.385 e. The van der Waals surface area contributed by atoms with Gasteiger partial charge in [-0.2, -0.15) is 0 Å². The molecule has 1 fully saturated rings. The molecular formula is C21H34IN5O3. The average molecular weight is 531 g/mol. The highest BCUT2D eigenvalue weighted by Crippen LogP contribution is 2.40. The van der Waals surface area contributed by atoms with Gasteiger partial charge >= 0.3 is 0 Å². The van der Waals surface area contributed by atoms with Crippen molar-refractivity contribution in [2.24, 2.45) is 16.1 Å². The van der Waals surface area contributed by atoms with E-state index in [2.05, 4.69) is 20.9 Å². The second-order valence-corrected chi connectivity index (χ2v) is 7.58. The van der Waals surface area contributed by atoms with Gasteiger partial charge in [0.05, 0.1) is 6.54 Å². The molecule has 2 amide bonds. The maximum Gasteiger partial charge on any atom is 0.251 e. The predicted molar refractivity (Wildman–Crippen MR) is 129 cm³/mol. The number of nitrogens with zero attached hydrogens (tertiary/aromatic N) is 1. The standard InChI is InChI=1S/C21H33N5O3.HI/c1-23-20(26-15-21(11-12-29-2)9-3-4-10-21)25-13-16-5-7-17(8-6-16)19(28)24-14-18(22)27;/h5-8H,3-4,9-15H2,1-2H3,(H2,22,27)(H,24,28)(H2,23,25,26);1H. The van der Waals surface area contributed by atoms with Crippen LogP contribution in [0.1, 0.15) is 48.0 Å². The van der Waals surface area contributed by atoms with Crippen molar-refractivity contribution in [3.05, 3.63) is 35.4 Å². The van der Waals surface area contributed by atoms with Gasteiger partial charge in [0.15, 0.2) is 5.96 Å². The van der Waals surface area contributed by atoms with Crippen LogP contribution < -0.4 is 21.7 Å². The number of benzene rings is 1. The fraction of sp³-hybridized carbons (Fsp3) is 0.571. The summed E-state index contributed by atoms with van der Waals surface area (Å²) in [7, 11) is 3.52. The molecule has 9 heteroatoms. The molecule has 5 N–H and O–H groups in total. The van der Waals surface area contributed by atoms with Gasteiger partial charge in [-0.3, -0.25) is 14.6 Å². The zero-order valence-electron chi connectivity index (χ0n) is 17.8. The second-order valence-electron chi connectivity index (χ2n) is 7.58. The lowest BCUT2D eigenvalue weighted by molar-refractivity contribution is -0.117. The molecule has 8 nitrogen and oxygen atoms in total. The number of aliphatic imine (C=N–C) groups is 1. The van der Waals surface area contributed by atoms with E-state index in [0.29, 0.717) is 12.1 Å². The van der Waals surface area contributed by atoms with Crippen molar-refractivity contribution in [3.63, 3.8) is 0 Å². The normalized spacial score (nSPS) is 15.2. The Morgan fingerprint density at radius 2 is 1.80 bits per heavy atom. The van der Waals surface area contributed by atoms with E-state index in [0.717, 1.165) is 31.1 Å². The SMILES string of the molecule is CN=C(NCc1ccc(C(=O)NCC(N)=O)cc1)NCC1(CCOC)CCCC1.I. The number of carbonyl (C=O) groups excluding carboxylic acids is 2.